The van der Waals surface area contributed by atoms with Gasteiger partial charge < -0.3 is 10.2 Å². The zero-order valence-corrected chi connectivity index (χ0v) is 14.7. The molecular formula is C18H16FN3O6. The maximum atomic E-state index is 13.0. The molecule has 0 radical (unpaired) electrons. The molecule has 2 N–H and O–H groups in total. The number of allylic oxidation sites excluding steroid dienone is 2. The molecule has 1 aliphatic rings. The lowest BCUT2D eigenvalue weighted by molar-refractivity contribution is -0.385. The molecule has 3 rings (SSSR count). The molecule has 1 aromatic heterocycles. The molecule has 10 heteroatoms. The van der Waals surface area contributed by atoms with Crippen molar-refractivity contribution in [3.63, 3.8) is 0 Å². The zero-order valence-electron chi connectivity index (χ0n) is 14.7. The highest BCUT2D eigenvalue weighted by molar-refractivity contribution is 5.90. The van der Waals surface area contributed by atoms with Crippen LogP contribution in [0.15, 0.2) is 60.5 Å². The van der Waals surface area contributed by atoms with E-state index in [9.17, 15) is 24.1 Å². The van der Waals surface area contributed by atoms with Crippen molar-refractivity contribution in [2.45, 2.75) is 13.3 Å². The van der Waals surface area contributed by atoms with Crippen LogP contribution >= 0.6 is 0 Å². The summed E-state index contributed by atoms with van der Waals surface area (Å²) in [4.78, 5) is 31.2. The summed E-state index contributed by atoms with van der Waals surface area (Å²) in [6.45, 7) is 1.50. The van der Waals surface area contributed by atoms with Crippen LogP contribution in [0.2, 0.25) is 0 Å². The molecular weight excluding hydrogens is 373 g/mol. The third-order valence-electron chi connectivity index (χ3n) is 3.93. The fourth-order valence-electron chi connectivity index (χ4n) is 2.40. The van der Waals surface area contributed by atoms with Gasteiger partial charge in [-0.05, 0) is 19.4 Å². The van der Waals surface area contributed by atoms with E-state index in [0.29, 0.717) is 5.69 Å². The number of non-ortho nitro benzene ring substituents is 1. The second-order valence-corrected chi connectivity index (χ2v) is 6.13. The highest BCUT2D eigenvalue weighted by atomic mass is 19.1. The summed E-state index contributed by atoms with van der Waals surface area (Å²) in [5.74, 6) is -2.72. The molecule has 1 heterocycles. The van der Waals surface area contributed by atoms with Crippen molar-refractivity contribution in [1.29, 1.82) is 0 Å². The van der Waals surface area contributed by atoms with Gasteiger partial charge in [0.15, 0.2) is 0 Å². The van der Waals surface area contributed by atoms with Crippen LogP contribution < -0.4 is 0 Å². The second kappa shape index (κ2) is 8.25. The van der Waals surface area contributed by atoms with E-state index in [1.165, 1.54) is 48.2 Å². The molecule has 1 unspecified atom stereocenters. The SMILES string of the molecule is CC1(C(=O)O)C=CC=C(C(=O)O)C1.O=[N+]([O-])c1cc(F)cc(-n2cccn2)c1. The number of carboxylic acids is 2. The second-order valence-electron chi connectivity index (χ2n) is 6.13. The van der Waals surface area contributed by atoms with Crippen LogP contribution in [0.1, 0.15) is 13.3 Å². The van der Waals surface area contributed by atoms with Crippen LogP contribution in [0.5, 0.6) is 0 Å². The standard InChI is InChI=1S/C9H6FN3O2.C9H10O4/c10-7-4-8(12-3-1-2-11-12)6-9(5-7)13(14)15;1-9(8(12)13)4-2-3-6(5-9)7(10)11/h1-6H;2-4H,5H2,1H3,(H,10,11)(H,12,13). The monoisotopic (exact) mass is 389 g/mol. The summed E-state index contributed by atoms with van der Waals surface area (Å²) < 4.78 is 14.4. The smallest absolute Gasteiger partial charge is 0.331 e. The predicted octanol–water partition coefficient (Wildman–Crippen LogP) is 2.97. The molecule has 0 saturated heterocycles. The highest BCUT2D eigenvalue weighted by Gasteiger charge is 2.34. The normalized spacial score (nSPS) is 17.9. The van der Waals surface area contributed by atoms with Gasteiger partial charge in [-0.25, -0.2) is 13.9 Å². The van der Waals surface area contributed by atoms with Crippen LogP contribution in [-0.2, 0) is 9.59 Å². The van der Waals surface area contributed by atoms with E-state index >= 15 is 0 Å². The summed E-state index contributed by atoms with van der Waals surface area (Å²) in [7, 11) is 0. The Morgan fingerprint density at radius 3 is 2.57 bits per heavy atom. The van der Waals surface area contributed by atoms with Crippen LogP contribution in [0, 0.1) is 21.3 Å². The fourth-order valence-corrected chi connectivity index (χ4v) is 2.40. The van der Waals surface area contributed by atoms with E-state index < -0.39 is 28.1 Å². The van der Waals surface area contributed by atoms with Gasteiger partial charge in [0.25, 0.3) is 5.69 Å². The van der Waals surface area contributed by atoms with Crippen LogP contribution in [0.4, 0.5) is 10.1 Å². The molecule has 9 nitrogen and oxygen atoms in total. The van der Waals surface area contributed by atoms with Gasteiger partial charge in [0.2, 0.25) is 0 Å². The van der Waals surface area contributed by atoms with Gasteiger partial charge in [-0.2, -0.15) is 5.10 Å². The number of nitro groups is 1. The molecule has 0 fully saturated rings. The molecule has 0 amide bonds. The molecule has 2 aromatic rings. The average Bonchev–Trinajstić information content (AvgIpc) is 3.16. The first kappa shape index (κ1) is 20.5. The Hall–Kier alpha value is -3.82. The zero-order chi connectivity index (χ0) is 20.9. The maximum absolute atomic E-state index is 13.0. The maximum Gasteiger partial charge on any atom is 0.331 e. The number of aliphatic carboxylic acids is 2. The van der Waals surface area contributed by atoms with Crippen molar-refractivity contribution in [1.82, 2.24) is 9.78 Å². The Balaban J connectivity index is 0.000000203. The van der Waals surface area contributed by atoms with Gasteiger partial charge in [-0.3, -0.25) is 14.9 Å². The topological polar surface area (TPSA) is 136 Å². The van der Waals surface area contributed by atoms with Crippen molar-refractivity contribution in [2.24, 2.45) is 5.41 Å². The lowest BCUT2D eigenvalue weighted by atomic mass is 9.80. The van der Waals surface area contributed by atoms with E-state index in [0.717, 1.165) is 6.07 Å². The molecule has 1 aromatic carbocycles. The number of carboxylic acid groups (broad SMARTS) is 2. The van der Waals surface area contributed by atoms with Crippen LogP contribution in [-0.4, -0.2) is 36.9 Å². The predicted molar refractivity (Wildman–Crippen MR) is 95.4 cm³/mol. The minimum Gasteiger partial charge on any atom is -0.481 e. The van der Waals surface area contributed by atoms with Crippen molar-refractivity contribution < 1.29 is 29.1 Å². The molecule has 146 valence electrons. The molecule has 1 atom stereocenters. The minimum absolute atomic E-state index is 0.0359. The molecule has 0 saturated carbocycles. The largest absolute Gasteiger partial charge is 0.481 e. The van der Waals surface area contributed by atoms with Crippen molar-refractivity contribution >= 4 is 17.6 Å². The van der Waals surface area contributed by atoms with Crippen molar-refractivity contribution in [3.8, 4) is 5.69 Å². The van der Waals surface area contributed by atoms with Gasteiger partial charge in [0, 0.05) is 30.1 Å². The number of benzene rings is 1. The van der Waals surface area contributed by atoms with Crippen molar-refractivity contribution in [3.05, 3.63) is 76.4 Å². The summed E-state index contributed by atoms with van der Waals surface area (Å²) in [5.41, 5.74) is -0.915. The Bertz CT molecular complexity index is 968. The van der Waals surface area contributed by atoms with E-state index in [4.69, 9.17) is 10.2 Å². The lowest BCUT2D eigenvalue weighted by Gasteiger charge is -2.23. The minimum atomic E-state index is -1.08. The van der Waals surface area contributed by atoms with E-state index in [1.807, 2.05) is 0 Å². The van der Waals surface area contributed by atoms with Crippen molar-refractivity contribution in [2.75, 3.05) is 0 Å². The van der Waals surface area contributed by atoms with E-state index in [1.54, 1.807) is 12.3 Å². The lowest BCUT2D eigenvalue weighted by Crippen LogP contribution is -2.28. The summed E-state index contributed by atoms with van der Waals surface area (Å²) in [6.07, 6.45) is 7.53. The summed E-state index contributed by atoms with van der Waals surface area (Å²) in [6, 6.07) is 4.96. The van der Waals surface area contributed by atoms with E-state index in [-0.39, 0.29) is 17.7 Å². The molecule has 1 aliphatic carbocycles. The summed E-state index contributed by atoms with van der Waals surface area (Å²) in [5, 5.41) is 31.8. The summed E-state index contributed by atoms with van der Waals surface area (Å²) >= 11 is 0. The number of nitrogens with zero attached hydrogens (tertiary/aromatic N) is 3. The third kappa shape index (κ3) is 4.87. The Kier molecular flexibility index (Phi) is 6.04. The first-order valence-corrected chi connectivity index (χ1v) is 7.92. The molecule has 0 spiro atoms. The number of hydrogen-bond acceptors (Lipinski definition) is 5. The Labute approximate surface area is 158 Å². The van der Waals surface area contributed by atoms with E-state index in [2.05, 4.69) is 5.10 Å². The number of carbonyl (C=O) groups is 2. The quantitative estimate of drug-likeness (QED) is 0.606. The number of aromatic nitrogens is 2. The fraction of sp³-hybridized carbons (Fsp3) is 0.167. The highest BCUT2D eigenvalue weighted by Crippen LogP contribution is 2.31. The third-order valence-corrected chi connectivity index (χ3v) is 3.93. The first-order valence-electron chi connectivity index (χ1n) is 7.92. The Morgan fingerprint density at radius 1 is 1.32 bits per heavy atom. The number of hydrogen-bond donors (Lipinski definition) is 2. The van der Waals surface area contributed by atoms with Gasteiger partial charge in [0.1, 0.15) is 5.82 Å². The van der Waals surface area contributed by atoms with Gasteiger partial charge in [0.05, 0.1) is 22.1 Å². The number of halogens is 1. The van der Waals surface area contributed by atoms with Crippen LogP contribution in [0.25, 0.3) is 5.69 Å². The number of nitro benzene ring substituents is 1. The molecule has 0 aliphatic heterocycles. The molecule has 0 bridgehead atoms. The average molecular weight is 389 g/mol. The Morgan fingerprint density at radius 2 is 2.04 bits per heavy atom. The van der Waals surface area contributed by atoms with Crippen LogP contribution in [0.3, 0.4) is 0 Å². The van der Waals surface area contributed by atoms with Gasteiger partial charge in [-0.15, -0.1) is 0 Å². The van der Waals surface area contributed by atoms with Gasteiger partial charge in [-0.1, -0.05) is 18.2 Å². The number of rotatable bonds is 4. The molecule has 28 heavy (non-hydrogen) atoms. The van der Waals surface area contributed by atoms with Gasteiger partial charge >= 0.3 is 11.9 Å². The first-order chi connectivity index (χ1) is 13.1.